The van der Waals surface area contributed by atoms with Crippen molar-refractivity contribution in [2.24, 2.45) is 0 Å². The van der Waals surface area contributed by atoms with Crippen LogP contribution in [0.15, 0.2) is 67.0 Å². The molecule has 3 nitrogen and oxygen atoms in total. The van der Waals surface area contributed by atoms with Crippen LogP contribution < -0.4 is 10.2 Å². The van der Waals surface area contributed by atoms with Crippen LogP contribution in [0.4, 0.5) is 5.69 Å². The largest absolute Gasteiger partial charge is 0.370 e. The lowest BCUT2D eigenvalue weighted by Gasteiger charge is -2.35. The van der Waals surface area contributed by atoms with Gasteiger partial charge in [0, 0.05) is 49.1 Å². The lowest BCUT2D eigenvalue weighted by molar-refractivity contribution is 0.422. The van der Waals surface area contributed by atoms with Crippen molar-refractivity contribution in [1.82, 2.24) is 10.3 Å². The minimum absolute atomic E-state index is 0.526. The maximum atomic E-state index is 4.39. The second-order valence-electron chi connectivity index (χ2n) is 6.52. The van der Waals surface area contributed by atoms with E-state index in [-0.39, 0.29) is 0 Å². The summed E-state index contributed by atoms with van der Waals surface area (Å²) in [7, 11) is 0. The highest BCUT2D eigenvalue weighted by atomic mass is 15.2. The van der Waals surface area contributed by atoms with E-state index in [0.717, 1.165) is 19.6 Å². The van der Waals surface area contributed by atoms with Gasteiger partial charge in [-0.3, -0.25) is 4.98 Å². The highest BCUT2D eigenvalue weighted by Gasteiger charge is 2.19. The molecule has 24 heavy (non-hydrogen) atoms. The number of piperidine rings is 1. The maximum absolute atomic E-state index is 4.39. The number of aromatic nitrogens is 1. The number of nitrogens with one attached hydrogen (secondary N) is 1. The summed E-state index contributed by atoms with van der Waals surface area (Å²) in [6.45, 7) is 3.10. The van der Waals surface area contributed by atoms with E-state index in [2.05, 4.69) is 69.8 Å². The molecule has 3 aromatic rings. The van der Waals surface area contributed by atoms with Crippen molar-refractivity contribution >= 4 is 16.5 Å². The molecule has 4 rings (SSSR count). The molecule has 2 aromatic carbocycles. The lowest BCUT2D eigenvalue weighted by Crippen LogP contribution is -2.45. The predicted octanol–water partition coefficient (Wildman–Crippen LogP) is 3.99. The molecule has 122 valence electrons. The molecule has 1 aliphatic rings. The average Bonchev–Trinajstić information content (AvgIpc) is 2.67. The summed E-state index contributed by atoms with van der Waals surface area (Å²) >= 11 is 0. The van der Waals surface area contributed by atoms with E-state index in [1.165, 1.54) is 34.9 Å². The first-order valence-electron chi connectivity index (χ1n) is 8.75. The van der Waals surface area contributed by atoms with E-state index in [1.54, 1.807) is 0 Å². The number of fused-ring (bicyclic) bond motifs is 1. The van der Waals surface area contributed by atoms with Crippen LogP contribution in [0.1, 0.15) is 18.4 Å². The highest BCUT2D eigenvalue weighted by molar-refractivity contribution is 5.84. The Bertz CT molecular complexity index is 795. The van der Waals surface area contributed by atoms with Gasteiger partial charge in [0.15, 0.2) is 0 Å². The number of hydrogen-bond acceptors (Lipinski definition) is 3. The third-order valence-electron chi connectivity index (χ3n) is 4.87. The Morgan fingerprint density at radius 1 is 1.00 bits per heavy atom. The minimum atomic E-state index is 0.526. The molecule has 0 bridgehead atoms. The van der Waals surface area contributed by atoms with E-state index in [9.17, 15) is 0 Å². The molecule has 1 aromatic heterocycles. The van der Waals surface area contributed by atoms with Crippen LogP contribution in [-0.2, 0) is 6.54 Å². The first-order chi connectivity index (χ1) is 11.9. The van der Waals surface area contributed by atoms with Gasteiger partial charge in [0.2, 0.25) is 0 Å². The van der Waals surface area contributed by atoms with Crippen molar-refractivity contribution in [3.8, 4) is 0 Å². The molecular formula is C21H23N3. The molecule has 0 saturated carbocycles. The van der Waals surface area contributed by atoms with Gasteiger partial charge in [0.25, 0.3) is 0 Å². The summed E-state index contributed by atoms with van der Waals surface area (Å²) in [6.07, 6.45) is 6.41. The summed E-state index contributed by atoms with van der Waals surface area (Å²) in [5.74, 6) is 0. The van der Waals surface area contributed by atoms with E-state index in [0.29, 0.717) is 6.04 Å². The number of pyridine rings is 1. The van der Waals surface area contributed by atoms with E-state index < -0.39 is 0 Å². The standard InChI is InChI=1S/C21H23N3/c1-2-9-20(10-3-1)24-12-6-8-19(16-24)23-15-18-14-22-13-17-7-4-5-11-21(17)18/h1-5,7,9-11,13-14,19,23H,6,8,12,15-16H2. The number of rotatable bonds is 4. The van der Waals surface area contributed by atoms with Crippen LogP contribution in [0, 0.1) is 0 Å². The topological polar surface area (TPSA) is 28.2 Å². The summed E-state index contributed by atoms with van der Waals surface area (Å²) in [4.78, 5) is 6.88. The lowest BCUT2D eigenvalue weighted by atomic mass is 10.0. The Kier molecular flexibility index (Phi) is 4.43. The fourth-order valence-corrected chi connectivity index (χ4v) is 3.59. The quantitative estimate of drug-likeness (QED) is 0.788. The second kappa shape index (κ2) is 7.02. The number of para-hydroxylation sites is 1. The van der Waals surface area contributed by atoms with Crippen LogP contribution in [0.3, 0.4) is 0 Å². The maximum Gasteiger partial charge on any atom is 0.0366 e. The molecule has 1 unspecified atom stereocenters. The van der Waals surface area contributed by atoms with Gasteiger partial charge in [-0.25, -0.2) is 0 Å². The van der Waals surface area contributed by atoms with Gasteiger partial charge < -0.3 is 10.2 Å². The molecule has 1 aliphatic heterocycles. The molecule has 2 heterocycles. The van der Waals surface area contributed by atoms with Crippen molar-refractivity contribution in [2.45, 2.75) is 25.4 Å². The fourth-order valence-electron chi connectivity index (χ4n) is 3.59. The normalized spacial score (nSPS) is 18.0. The van der Waals surface area contributed by atoms with Gasteiger partial charge in [-0.2, -0.15) is 0 Å². The van der Waals surface area contributed by atoms with Crippen molar-refractivity contribution in [1.29, 1.82) is 0 Å². The predicted molar refractivity (Wildman–Crippen MR) is 100 cm³/mol. The van der Waals surface area contributed by atoms with Crippen molar-refractivity contribution < 1.29 is 0 Å². The fraction of sp³-hybridized carbons (Fsp3) is 0.286. The molecule has 0 spiro atoms. The summed E-state index contributed by atoms with van der Waals surface area (Å²) < 4.78 is 0. The number of anilines is 1. The Morgan fingerprint density at radius 2 is 1.83 bits per heavy atom. The van der Waals surface area contributed by atoms with E-state index in [1.807, 2.05) is 12.4 Å². The van der Waals surface area contributed by atoms with Crippen molar-refractivity contribution in [3.63, 3.8) is 0 Å². The summed E-state index contributed by atoms with van der Waals surface area (Å²) in [5.41, 5.74) is 2.61. The summed E-state index contributed by atoms with van der Waals surface area (Å²) in [5, 5.41) is 6.26. The molecule has 0 aliphatic carbocycles. The summed E-state index contributed by atoms with van der Waals surface area (Å²) in [6, 6.07) is 19.7. The van der Waals surface area contributed by atoms with Gasteiger partial charge in [-0.1, -0.05) is 42.5 Å². The second-order valence-corrected chi connectivity index (χ2v) is 6.52. The van der Waals surface area contributed by atoms with Gasteiger partial charge in [-0.05, 0) is 35.9 Å². The highest BCUT2D eigenvalue weighted by Crippen LogP contribution is 2.21. The van der Waals surface area contributed by atoms with Crippen LogP contribution in [0.5, 0.6) is 0 Å². The molecule has 0 radical (unpaired) electrons. The third-order valence-corrected chi connectivity index (χ3v) is 4.87. The molecule has 3 heteroatoms. The van der Waals surface area contributed by atoms with Crippen LogP contribution >= 0.6 is 0 Å². The Hall–Kier alpha value is -2.39. The van der Waals surface area contributed by atoms with Crippen LogP contribution in [-0.4, -0.2) is 24.1 Å². The number of nitrogens with zero attached hydrogens (tertiary/aromatic N) is 2. The molecular weight excluding hydrogens is 294 g/mol. The molecule has 1 N–H and O–H groups in total. The Balaban J connectivity index is 1.44. The zero-order valence-corrected chi connectivity index (χ0v) is 13.9. The average molecular weight is 317 g/mol. The number of benzene rings is 2. The zero-order valence-electron chi connectivity index (χ0n) is 13.9. The van der Waals surface area contributed by atoms with Crippen molar-refractivity contribution in [2.75, 3.05) is 18.0 Å². The van der Waals surface area contributed by atoms with Gasteiger partial charge in [-0.15, -0.1) is 0 Å². The van der Waals surface area contributed by atoms with E-state index in [4.69, 9.17) is 0 Å². The number of hydrogen-bond donors (Lipinski definition) is 1. The SMILES string of the molecule is c1ccc(N2CCCC(NCc3cncc4ccccc34)C2)cc1. The first-order valence-corrected chi connectivity index (χ1v) is 8.75. The zero-order chi connectivity index (χ0) is 16.2. The van der Waals surface area contributed by atoms with Crippen LogP contribution in [0.2, 0.25) is 0 Å². The monoisotopic (exact) mass is 317 g/mol. The minimum Gasteiger partial charge on any atom is -0.370 e. The Morgan fingerprint density at radius 3 is 2.75 bits per heavy atom. The van der Waals surface area contributed by atoms with Gasteiger partial charge in [0.1, 0.15) is 0 Å². The molecule has 1 atom stereocenters. The smallest absolute Gasteiger partial charge is 0.0366 e. The van der Waals surface area contributed by atoms with Crippen molar-refractivity contribution in [3.05, 3.63) is 72.6 Å². The van der Waals surface area contributed by atoms with Crippen LogP contribution in [0.25, 0.3) is 10.8 Å². The molecule has 1 fully saturated rings. The molecule has 1 saturated heterocycles. The first kappa shape index (κ1) is 15.2. The van der Waals surface area contributed by atoms with E-state index >= 15 is 0 Å². The van der Waals surface area contributed by atoms with Gasteiger partial charge in [0.05, 0.1) is 0 Å². The third kappa shape index (κ3) is 3.26. The Labute approximate surface area is 143 Å². The van der Waals surface area contributed by atoms with Gasteiger partial charge >= 0.3 is 0 Å². The molecule has 0 amide bonds.